The third-order valence-electron chi connectivity index (χ3n) is 2.43. The zero-order valence-electron chi connectivity index (χ0n) is 10.7. The molecule has 0 aliphatic heterocycles. The van der Waals surface area contributed by atoms with E-state index in [-0.39, 0.29) is 11.6 Å². The molecule has 4 heteroatoms. The summed E-state index contributed by atoms with van der Waals surface area (Å²) < 4.78 is 2.06. The van der Waals surface area contributed by atoms with Crippen molar-refractivity contribution in [3.05, 3.63) is 18.2 Å². The second kappa shape index (κ2) is 5.46. The molecule has 0 fully saturated rings. The molecule has 1 unspecified atom stereocenters. The molecule has 0 aromatic carbocycles. The minimum atomic E-state index is -0.382. The second-order valence-electron chi connectivity index (χ2n) is 5.12. The minimum absolute atomic E-state index is 0.0428. The highest BCUT2D eigenvalue weighted by Crippen LogP contribution is 2.03. The Morgan fingerprint density at radius 1 is 1.50 bits per heavy atom. The van der Waals surface area contributed by atoms with Crippen molar-refractivity contribution >= 4 is 0 Å². The Bertz CT molecular complexity index is 314. The van der Waals surface area contributed by atoms with Gasteiger partial charge in [0.25, 0.3) is 0 Å². The average molecular weight is 225 g/mol. The van der Waals surface area contributed by atoms with Crippen molar-refractivity contribution in [2.75, 3.05) is 6.54 Å². The van der Waals surface area contributed by atoms with Gasteiger partial charge in [-0.3, -0.25) is 0 Å². The van der Waals surface area contributed by atoms with Gasteiger partial charge in [0.1, 0.15) is 5.82 Å². The monoisotopic (exact) mass is 225 g/mol. The number of nitrogens with zero attached hydrogens (tertiary/aromatic N) is 2. The molecule has 1 rings (SSSR count). The maximum atomic E-state index is 9.89. The van der Waals surface area contributed by atoms with Crippen LogP contribution >= 0.6 is 0 Å². The van der Waals surface area contributed by atoms with Crippen molar-refractivity contribution in [1.29, 1.82) is 0 Å². The van der Waals surface area contributed by atoms with Gasteiger partial charge in [-0.15, -0.1) is 0 Å². The first-order valence-corrected chi connectivity index (χ1v) is 5.85. The van der Waals surface area contributed by atoms with Gasteiger partial charge in [0.05, 0.1) is 6.10 Å². The fourth-order valence-corrected chi connectivity index (χ4v) is 1.52. The quantitative estimate of drug-likeness (QED) is 0.791. The van der Waals surface area contributed by atoms with E-state index in [0.717, 1.165) is 12.4 Å². The molecule has 0 saturated heterocycles. The number of aliphatic hydroxyl groups excluding tert-OH is 1. The molecule has 1 heterocycles. The molecule has 1 atom stereocenters. The van der Waals surface area contributed by atoms with Crippen LogP contribution in [0.5, 0.6) is 0 Å². The molecule has 0 aliphatic carbocycles. The van der Waals surface area contributed by atoms with Gasteiger partial charge in [0, 0.05) is 37.4 Å². The van der Waals surface area contributed by atoms with Crippen LogP contribution in [0.25, 0.3) is 0 Å². The van der Waals surface area contributed by atoms with Gasteiger partial charge in [-0.1, -0.05) is 0 Å². The van der Waals surface area contributed by atoms with Crippen LogP contribution in [0.2, 0.25) is 0 Å². The van der Waals surface area contributed by atoms with Crippen LogP contribution in [0, 0.1) is 0 Å². The van der Waals surface area contributed by atoms with Crippen molar-refractivity contribution in [2.45, 2.75) is 52.3 Å². The van der Waals surface area contributed by atoms with E-state index in [9.17, 15) is 5.11 Å². The highest BCUT2D eigenvalue weighted by molar-refractivity contribution is 4.94. The zero-order chi connectivity index (χ0) is 12.2. The van der Waals surface area contributed by atoms with Crippen LogP contribution in [0.1, 0.15) is 33.5 Å². The van der Waals surface area contributed by atoms with Crippen LogP contribution in [-0.2, 0) is 13.0 Å². The van der Waals surface area contributed by atoms with E-state index in [1.807, 2.05) is 6.20 Å². The highest BCUT2D eigenvalue weighted by atomic mass is 16.3. The van der Waals surface area contributed by atoms with Gasteiger partial charge < -0.3 is 15.0 Å². The van der Waals surface area contributed by atoms with Gasteiger partial charge in [-0.25, -0.2) is 4.98 Å². The summed E-state index contributed by atoms with van der Waals surface area (Å²) in [7, 11) is 0. The lowest BCUT2D eigenvalue weighted by atomic mass is 10.1. The van der Waals surface area contributed by atoms with Gasteiger partial charge >= 0.3 is 0 Å². The maximum Gasteiger partial charge on any atom is 0.111 e. The van der Waals surface area contributed by atoms with Gasteiger partial charge in [0.2, 0.25) is 0 Å². The van der Waals surface area contributed by atoms with E-state index in [1.165, 1.54) is 0 Å². The molecule has 0 saturated carbocycles. The molecule has 0 spiro atoms. The molecule has 0 radical (unpaired) electrons. The lowest BCUT2D eigenvalue weighted by molar-refractivity contribution is 0.157. The van der Waals surface area contributed by atoms with E-state index in [2.05, 4.69) is 42.6 Å². The Labute approximate surface area is 97.7 Å². The summed E-state index contributed by atoms with van der Waals surface area (Å²) in [6, 6.07) is 0. The molecule has 2 N–H and O–H groups in total. The van der Waals surface area contributed by atoms with E-state index in [4.69, 9.17) is 0 Å². The first-order valence-electron chi connectivity index (χ1n) is 5.85. The third-order valence-corrected chi connectivity index (χ3v) is 2.43. The summed E-state index contributed by atoms with van der Waals surface area (Å²) in [6.07, 6.45) is 3.94. The highest BCUT2D eigenvalue weighted by Gasteiger charge is 2.14. The third kappa shape index (κ3) is 4.33. The molecule has 4 nitrogen and oxygen atoms in total. The number of β-amino-alcohol motifs (C(OH)–C–C–N with tert-alkyl or cyclic N) is 1. The molecule has 92 valence electrons. The van der Waals surface area contributed by atoms with Gasteiger partial charge in [0.15, 0.2) is 0 Å². The largest absolute Gasteiger partial charge is 0.391 e. The Morgan fingerprint density at radius 2 is 2.19 bits per heavy atom. The summed E-state index contributed by atoms with van der Waals surface area (Å²) in [4.78, 5) is 4.25. The number of nitrogens with one attached hydrogen (secondary N) is 1. The van der Waals surface area contributed by atoms with Crippen LogP contribution in [0.15, 0.2) is 12.4 Å². The summed E-state index contributed by atoms with van der Waals surface area (Å²) in [6.45, 7) is 9.84. The van der Waals surface area contributed by atoms with Crippen molar-refractivity contribution in [2.24, 2.45) is 0 Å². The number of imidazole rings is 1. The van der Waals surface area contributed by atoms with Crippen molar-refractivity contribution in [3.63, 3.8) is 0 Å². The van der Waals surface area contributed by atoms with Crippen molar-refractivity contribution < 1.29 is 5.11 Å². The lowest BCUT2D eigenvalue weighted by Gasteiger charge is -2.22. The number of aryl methyl sites for hydroxylation is 1. The van der Waals surface area contributed by atoms with E-state index >= 15 is 0 Å². The predicted molar refractivity (Wildman–Crippen MR) is 65.4 cm³/mol. The lowest BCUT2D eigenvalue weighted by Crippen LogP contribution is -2.41. The van der Waals surface area contributed by atoms with Crippen LogP contribution in [0.4, 0.5) is 0 Å². The summed E-state index contributed by atoms with van der Waals surface area (Å²) in [5, 5.41) is 13.2. The van der Waals surface area contributed by atoms with E-state index in [1.54, 1.807) is 6.20 Å². The number of aliphatic hydroxyl groups is 1. The average Bonchev–Trinajstić information content (AvgIpc) is 2.61. The van der Waals surface area contributed by atoms with E-state index in [0.29, 0.717) is 13.0 Å². The maximum absolute atomic E-state index is 9.89. The van der Waals surface area contributed by atoms with Crippen molar-refractivity contribution in [3.8, 4) is 0 Å². The first-order chi connectivity index (χ1) is 7.42. The second-order valence-corrected chi connectivity index (χ2v) is 5.12. The molecule has 1 aromatic rings. The number of hydrogen-bond donors (Lipinski definition) is 2. The zero-order valence-corrected chi connectivity index (χ0v) is 10.7. The topological polar surface area (TPSA) is 50.1 Å². The van der Waals surface area contributed by atoms with Crippen LogP contribution in [-0.4, -0.2) is 32.8 Å². The normalized spacial score (nSPS) is 14.1. The fraction of sp³-hybridized carbons (Fsp3) is 0.750. The number of aromatic nitrogens is 2. The Morgan fingerprint density at radius 3 is 2.75 bits per heavy atom. The minimum Gasteiger partial charge on any atom is -0.391 e. The van der Waals surface area contributed by atoms with Gasteiger partial charge in [-0.05, 0) is 27.7 Å². The molecule has 0 amide bonds. The Hall–Kier alpha value is -0.870. The first kappa shape index (κ1) is 13.2. The predicted octanol–water partition coefficient (Wildman–Crippen LogP) is 1.19. The summed E-state index contributed by atoms with van der Waals surface area (Å²) >= 11 is 0. The smallest absolute Gasteiger partial charge is 0.111 e. The Balaban J connectivity index is 2.42. The van der Waals surface area contributed by atoms with Crippen LogP contribution in [0.3, 0.4) is 0 Å². The molecule has 0 bridgehead atoms. The van der Waals surface area contributed by atoms with E-state index < -0.39 is 0 Å². The SMILES string of the molecule is CCn1ccnc1CC(O)CNC(C)(C)C. The standard InChI is InChI=1S/C12H23N3O/c1-5-15-7-6-13-11(15)8-10(16)9-14-12(2,3)4/h6-7,10,14,16H,5,8-9H2,1-4H3. The fourth-order valence-electron chi connectivity index (χ4n) is 1.52. The summed E-state index contributed by atoms with van der Waals surface area (Å²) in [5.74, 6) is 0.950. The number of hydrogen-bond acceptors (Lipinski definition) is 3. The number of rotatable bonds is 5. The van der Waals surface area contributed by atoms with Gasteiger partial charge in [-0.2, -0.15) is 0 Å². The summed E-state index contributed by atoms with van der Waals surface area (Å²) in [5.41, 5.74) is 0.0428. The molecule has 0 aliphatic rings. The molecule has 16 heavy (non-hydrogen) atoms. The van der Waals surface area contributed by atoms with Crippen LogP contribution < -0.4 is 5.32 Å². The molecular weight excluding hydrogens is 202 g/mol. The Kier molecular flexibility index (Phi) is 4.50. The van der Waals surface area contributed by atoms with Crippen molar-refractivity contribution in [1.82, 2.24) is 14.9 Å². The molecule has 1 aromatic heterocycles. The molecular formula is C12H23N3O.